The number of hydrazine groups is 1. The number of carbonyl (C=O) groups excluding carboxylic acids is 1. The third-order valence-corrected chi connectivity index (χ3v) is 3.73. The molecule has 1 amide bonds. The van der Waals surface area contributed by atoms with Gasteiger partial charge in [0, 0.05) is 6.04 Å². The highest BCUT2D eigenvalue weighted by atomic mass is 16.1. The van der Waals surface area contributed by atoms with Gasteiger partial charge in [-0.15, -0.1) is 0 Å². The molecule has 1 aliphatic rings. The Morgan fingerprint density at radius 3 is 2.89 bits per heavy atom. The molecule has 0 aromatic carbocycles. The van der Waals surface area contributed by atoms with Gasteiger partial charge in [0.25, 0.3) is 5.91 Å². The first-order valence-corrected chi connectivity index (χ1v) is 6.82. The summed E-state index contributed by atoms with van der Waals surface area (Å²) < 4.78 is 0. The first-order valence-electron chi connectivity index (χ1n) is 6.82. The zero-order chi connectivity index (χ0) is 13.7. The van der Waals surface area contributed by atoms with Gasteiger partial charge in [-0.1, -0.05) is 26.2 Å². The van der Waals surface area contributed by atoms with Crippen molar-refractivity contribution in [3.8, 4) is 0 Å². The first kappa shape index (κ1) is 13.7. The van der Waals surface area contributed by atoms with Gasteiger partial charge in [-0.2, -0.15) is 0 Å². The van der Waals surface area contributed by atoms with E-state index in [2.05, 4.69) is 27.6 Å². The van der Waals surface area contributed by atoms with Crippen LogP contribution in [0.4, 0.5) is 5.82 Å². The number of anilines is 1. The SMILES string of the molecule is CCC1CCCC(NC(=O)c2cnc(NN)cn2)C1. The number of hydrogen-bond acceptors (Lipinski definition) is 5. The largest absolute Gasteiger partial charge is 0.348 e. The predicted molar refractivity (Wildman–Crippen MR) is 73.3 cm³/mol. The van der Waals surface area contributed by atoms with Crippen molar-refractivity contribution in [3.63, 3.8) is 0 Å². The minimum Gasteiger partial charge on any atom is -0.348 e. The molecule has 1 aromatic rings. The van der Waals surface area contributed by atoms with Crippen molar-refractivity contribution in [1.29, 1.82) is 0 Å². The van der Waals surface area contributed by atoms with E-state index in [0.29, 0.717) is 11.5 Å². The van der Waals surface area contributed by atoms with Crippen LogP contribution in [0.3, 0.4) is 0 Å². The average Bonchev–Trinajstić information content (AvgIpc) is 2.47. The lowest BCUT2D eigenvalue weighted by Crippen LogP contribution is -2.38. The average molecular weight is 263 g/mol. The van der Waals surface area contributed by atoms with Crippen molar-refractivity contribution < 1.29 is 4.79 Å². The number of carbonyl (C=O) groups is 1. The molecule has 4 N–H and O–H groups in total. The Kier molecular flexibility index (Phi) is 4.68. The number of amides is 1. The number of aromatic nitrogens is 2. The summed E-state index contributed by atoms with van der Waals surface area (Å²) in [5, 5.41) is 3.04. The second-order valence-corrected chi connectivity index (χ2v) is 5.04. The molecule has 1 aliphatic carbocycles. The van der Waals surface area contributed by atoms with E-state index in [-0.39, 0.29) is 11.9 Å². The fraction of sp³-hybridized carbons (Fsp3) is 0.615. The first-order chi connectivity index (χ1) is 9.22. The summed E-state index contributed by atoms with van der Waals surface area (Å²) in [4.78, 5) is 20.1. The molecule has 104 valence electrons. The Morgan fingerprint density at radius 1 is 1.42 bits per heavy atom. The second-order valence-electron chi connectivity index (χ2n) is 5.04. The summed E-state index contributed by atoms with van der Waals surface area (Å²) in [6.07, 6.45) is 8.65. The van der Waals surface area contributed by atoms with Gasteiger partial charge in [-0.25, -0.2) is 15.8 Å². The van der Waals surface area contributed by atoms with Crippen molar-refractivity contribution in [2.75, 3.05) is 5.43 Å². The molecule has 1 fully saturated rings. The van der Waals surface area contributed by atoms with E-state index >= 15 is 0 Å². The molecule has 0 saturated heterocycles. The van der Waals surface area contributed by atoms with Crippen LogP contribution >= 0.6 is 0 Å². The lowest BCUT2D eigenvalue weighted by Gasteiger charge is -2.28. The molecule has 2 unspecified atom stereocenters. The highest BCUT2D eigenvalue weighted by Crippen LogP contribution is 2.26. The van der Waals surface area contributed by atoms with Gasteiger partial charge in [0.1, 0.15) is 5.69 Å². The summed E-state index contributed by atoms with van der Waals surface area (Å²) >= 11 is 0. The lowest BCUT2D eigenvalue weighted by molar-refractivity contribution is 0.0913. The summed E-state index contributed by atoms with van der Waals surface area (Å²) in [6, 6.07) is 0.264. The predicted octanol–water partition coefficient (Wildman–Crippen LogP) is 1.46. The molecule has 0 spiro atoms. The maximum absolute atomic E-state index is 12.0. The molecule has 1 saturated carbocycles. The van der Waals surface area contributed by atoms with Crippen LogP contribution in [0.15, 0.2) is 12.4 Å². The lowest BCUT2D eigenvalue weighted by atomic mass is 9.84. The van der Waals surface area contributed by atoms with Gasteiger partial charge >= 0.3 is 0 Å². The number of hydrogen-bond donors (Lipinski definition) is 3. The molecule has 1 heterocycles. The van der Waals surface area contributed by atoms with Crippen LogP contribution in [0.5, 0.6) is 0 Å². The normalized spacial score (nSPS) is 22.8. The van der Waals surface area contributed by atoms with Crippen molar-refractivity contribution >= 4 is 11.7 Å². The summed E-state index contributed by atoms with van der Waals surface area (Å²) in [5.74, 6) is 6.22. The van der Waals surface area contributed by atoms with E-state index in [0.717, 1.165) is 18.8 Å². The van der Waals surface area contributed by atoms with Crippen LogP contribution in [0.2, 0.25) is 0 Å². The standard InChI is InChI=1S/C13H21N5O/c1-2-9-4-3-5-10(6-9)17-13(19)11-7-16-12(18-14)8-15-11/h7-10H,2-6,14H2,1H3,(H,16,18)(H,17,19). The molecule has 19 heavy (non-hydrogen) atoms. The second kappa shape index (κ2) is 6.47. The number of nitrogens with zero attached hydrogens (tertiary/aromatic N) is 2. The number of nitrogen functional groups attached to an aromatic ring is 1. The van der Waals surface area contributed by atoms with Crippen LogP contribution in [-0.2, 0) is 0 Å². The molecule has 1 aromatic heterocycles. The number of nitrogens with two attached hydrogens (primary N) is 1. The Labute approximate surface area is 113 Å². The van der Waals surface area contributed by atoms with E-state index < -0.39 is 0 Å². The highest BCUT2D eigenvalue weighted by Gasteiger charge is 2.22. The molecule has 0 aliphatic heterocycles. The van der Waals surface area contributed by atoms with Crippen LogP contribution in [0.1, 0.15) is 49.5 Å². The quantitative estimate of drug-likeness (QED) is 0.565. The fourth-order valence-electron chi connectivity index (χ4n) is 2.57. The van der Waals surface area contributed by atoms with Crippen LogP contribution in [-0.4, -0.2) is 21.9 Å². The van der Waals surface area contributed by atoms with E-state index in [1.54, 1.807) is 0 Å². The monoisotopic (exact) mass is 263 g/mol. The molecular formula is C13H21N5O. The van der Waals surface area contributed by atoms with Gasteiger partial charge in [0.05, 0.1) is 12.4 Å². The third kappa shape index (κ3) is 3.64. The van der Waals surface area contributed by atoms with Gasteiger partial charge in [-0.05, 0) is 18.8 Å². The smallest absolute Gasteiger partial charge is 0.271 e. The maximum Gasteiger partial charge on any atom is 0.271 e. The van der Waals surface area contributed by atoms with Gasteiger partial charge in [-0.3, -0.25) is 4.79 Å². The van der Waals surface area contributed by atoms with Crippen LogP contribution in [0, 0.1) is 5.92 Å². The molecular weight excluding hydrogens is 242 g/mol. The van der Waals surface area contributed by atoms with Gasteiger partial charge in [0.15, 0.2) is 5.82 Å². The van der Waals surface area contributed by atoms with Crippen molar-refractivity contribution in [2.45, 2.75) is 45.1 Å². The van der Waals surface area contributed by atoms with Crippen molar-refractivity contribution in [3.05, 3.63) is 18.1 Å². The zero-order valence-electron chi connectivity index (χ0n) is 11.2. The molecule has 0 bridgehead atoms. The molecule has 2 atom stereocenters. The number of nitrogens with one attached hydrogen (secondary N) is 2. The third-order valence-electron chi connectivity index (χ3n) is 3.73. The Morgan fingerprint density at radius 2 is 2.26 bits per heavy atom. The summed E-state index contributed by atoms with van der Waals surface area (Å²) in [5.41, 5.74) is 2.71. The Balaban J connectivity index is 1.92. The van der Waals surface area contributed by atoms with E-state index in [1.165, 1.54) is 31.7 Å². The summed E-state index contributed by atoms with van der Waals surface area (Å²) in [6.45, 7) is 2.21. The van der Waals surface area contributed by atoms with Gasteiger partial charge in [0.2, 0.25) is 0 Å². The number of rotatable bonds is 4. The van der Waals surface area contributed by atoms with Crippen LogP contribution < -0.4 is 16.6 Å². The molecule has 6 heteroatoms. The van der Waals surface area contributed by atoms with Crippen molar-refractivity contribution in [1.82, 2.24) is 15.3 Å². The highest BCUT2D eigenvalue weighted by molar-refractivity contribution is 5.92. The van der Waals surface area contributed by atoms with Crippen molar-refractivity contribution in [2.24, 2.45) is 11.8 Å². The molecule has 2 rings (SSSR count). The minimum atomic E-state index is -0.155. The van der Waals surface area contributed by atoms with E-state index in [1.807, 2.05) is 0 Å². The maximum atomic E-state index is 12.0. The minimum absolute atomic E-state index is 0.155. The molecule has 6 nitrogen and oxygen atoms in total. The fourth-order valence-corrected chi connectivity index (χ4v) is 2.57. The van der Waals surface area contributed by atoms with E-state index in [9.17, 15) is 4.79 Å². The van der Waals surface area contributed by atoms with Crippen LogP contribution in [0.25, 0.3) is 0 Å². The summed E-state index contributed by atoms with van der Waals surface area (Å²) in [7, 11) is 0. The Hall–Kier alpha value is -1.69. The van der Waals surface area contributed by atoms with Gasteiger partial charge < -0.3 is 10.7 Å². The topological polar surface area (TPSA) is 92.9 Å². The van der Waals surface area contributed by atoms with E-state index in [4.69, 9.17) is 5.84 Å². The zero-order valence-corrected chi connectivity index (χ0v) is 11.2. The Bertz CT molecular complexity index is 420. The molecule has 0 radical (unpaired) electrons.